The van der Waals surface area contributed by atoms with Crippen molar-refractivity contribution in [1.82, 2.24) is 20.2 Å². The van der Waals surface area contributed by atoms with Crippen molar-refractivity contribution in [2.24, 2.45) is 0 Å². The Morgan fingerprint density at radius 3 is 2.75 bits per heavy atom. The fourth-order valence-corrected chi connectivity index (χ4v) is 2.45. The van der Waals surface area contributed by atoms with E-state index in [1.165, 1.54) is 5.56 Å². The summed E-state index contributed by atoms with van der Waals surface area (Å²) in [5.74, 6) is 0.761. The minimum absolute atomic E-state index is 0.208. The molecule has 2 aromatic heterocycles. The van der Waals surface area contributed by atoms with Crippen LogP contribution in [0.3, 0.4) is 0 Å². The molecule has 0 unspecified atom stereocenters. The Morgan fingerprint density at radius 2 is 2.00 bits per heavy atom. The van der Waals surface area contributed by atoms with Crippen molar-refractivity contribution in [2.45, 2.75) is 6.54 Å². The van der Waals surface area contributed by atoms with Gasteiger partial charge in [-0.05, 0) is 29.3 Å². The van der Waals surface area contributed by atoms with Gasteiger partial charge in [-0.2, -0.15) is 15.1 Å². The molecule has 0 aliphatic carbocycles. The SMILES string of the molecule is CN(Cc1ccc(Br)cc1)c1nc(Cl)nc2[nH]ncc12. The maximum atomic E-state index is 5.95. The van der Waals surface area contributed by atoms with E-state index in [-0.39, 0.29) is 5.28 Å². The number of nitrogens with zero attached hydrogens (tertiary/aromatic N) is 4. The summed E-state index contributed by atoms with van der Waals surface area (Å²) >= 11 is 9.38. The van der Waals surface area contributed by atoms with Crippen LogP contribution in [-0.4, -0.2) is 27.2 Å². The van der Waals surface area contributed by atoms with Crippen molar-refractivity contribution in [3.05, 3.63) is 45.8 Å². The second-order valence-electron chi connectivity index (χ2n) is 4.43. The molecule has 0 saturated carbocycles. The molecule has 0 saturated heterocycles. The Balaban J connectivity index is 1.93. The highest BCUT2D eigenvalue weighted by Gasteiger charge is 2.12. The molecule has 0 aliphatic heterocycles. The maximum absolute atomic E-state index is 5.95. The van der Waals surface area contributed by atoms with Crippen LogP contribution in [0.4, 0.5) is 5.82 Å². The Kier molecular flexibility index (Phi) is 3.58. The topological polar surface area (TPSA) is 57.7 Å². The summed E-state index contributed by atoms with van der Waals surface area (Å²) in [7, 11) is 1.97. The minimum Gasteiger partial charge on any atom is -0.355 e. The molecule has 5 nitrogen and oxygen atoms in total. The lowest BCUT2D eigenvalue weighted by atomic mass is 10.2. The molecule has 2 heterocycles. The van der Waals surface area contributed by atoms with Gasteiger partial charge in [0, 0.05) is 18.1 Å². The number of nitrogens with one attached hydrogen (secondary N) is 1. The number of halogens is 2. The van der Waals surface area contributed by atoms with E-state index in [1.54, 1.807) is 6.20 Å². The Hall–Kier alpha value is -1.66. The second kappa shape index (κ2) is 5.38. The van der Waals surface area contributed by atoms with Crippen LogP contribution >= 0.6 is 27.5 Å². The van der Waals surface area contributed by atoms with Gasteiger partial charge in [0.25, 0.3) is 0 Å². The quantitative estimate of drug-likeness (QED) is 0.734. The van der Waals surface area contributed by atoms with Gasteiger partial charge in [-0.25, -0.2) is 0 Å². The van der Waals surface area contributed by atoms with Gasteiger partial charge in [0.05, 0.1) is 11.6 Å². The van der Waals surface area contributed by atoms with E-state index in [4.69, 9.17) is 11.6 Å². The lowest BCUT2D eigenvalue weighted by molar-refractivity contribution is 0.900. The average Bonchev–Trinajstić information content (AvgIpc) is 2.88. The number of benzene rings is 1. The van der Waals surface area contributed by atoms with E-state index in [9.17, 15) is 0 Å². The molecule has 0 radical (unpaired) electrons. The van der Waals surface area contributed by atoms with Gasteiger partial charge in [0.15, 0.2) is 5.65 Å². The Morgan fingerprint density at radius 1 is 1.25 bits per heavy atom. The predicted octanol–water partition coefficient (Wildman–Crippen LogP) is 3.41. The summed E-state index contributed by atoms with van der Waals surface area (Å²) < 4.78 is 1.06. The van der Waals surface area contributed by atoms with Gasteiger partial charge in [-0.3, -0.25) is 5.10 Å². The smallest absolute Gasteiger partial charge is 0.226 e. The van der Waals surface area contributed by atoms with Gasteiger partial charge in [0.1, 0.15) is 5.82 Å². The molecular formula is C13H11BrClN5. The van der Waals surface area contributed by atoms with E-state index in [0.717, 1.165) is 22.2 Å². The first-order valence-corrected chi connectivity index (χ1v) is 7.13. The van der Waals surface area contributed by atoms with Crippen LogP contribution < -0.4 is 4.90 Å². The fraction of sp³-hybridized carbons (Fsp3) is 0.154. The number of H-pyrrole nitrogens is 1. The van der Waals surface area contributed by atoms with Crippen molar-refractivity contribution in [3.8, 4) is 0 Å². The van der Waals surface area contributed by atoms with E-state index in [1.807, 2.05) is 24.1 Å². The molecule has 0 amide bonds. The van der Waals surface area contributed by atoms with Crippen LogP contribution in [0.25, 0.3) is 11.0 Å². The number of hydrogen-bond donors (Lipinski definition) is 1. The standard InChI is InChI=1S/C13H11BrClN5/c1-20(7-8-2-4-9(14)5-3-8)12-10-6-16-19-11(10)17-13(15)18-12/h2-6H,7H2,1H3,(H,16,17,18,19). The van der Waals surface area contributed by atoms with Gasteiger partial charge in [-0.15, -0.1) is 0 Å². The van der Waals surface area contributed by atoms with Crippen LogP contribution in [0.5, 0.6) is 0 Å². The molecule has 20 heavy (non-hydrogen) atoms. The maximum Gasteiger partial charge on any atom is 0.226 e. The zero-order valence-electron chi connectivity index (χ0n) is 10.6. The summed E-state index contributed by atoms with van der Waals surface area (Å²) in [6.45, 7) is 0.723. The van der Waals surface area contributed by atoms with Crippen LogP contribution in [0.15, 0.2) is 34.9 Å². The monoisotopic (exact) mass is 351 g/mol. The lowest BCUT2D eigenvalue weighted by Crippen LogP contribution is -2.18. The third-order valence-electron chi connectivity index (χ3n) is 2.96. The van der Waals surface area contributed by atoms with Crippen LogP contribution in [0.1, 0.15) is 5.56 Å². The number of anilines is 1. The molecule has 1 aromatic carbocycles. The van der Waals surface area contributed by atoms with Gasteiger partial charge < -0.3 is 4.90 Å². The molecular weight excluding hydrogens is 342 g/mol. The summed E-state index contributed by atoms with van der Waals surface area (Å²) in [5.41, 5.74) is 1.82. The summed E-state index contributed by atoms with van der Waals surface area (Å²) in [5, 5.41) is 7.86. The molecule has 0 bridgehead atoms. The lowest BCUT2D eigenvalue weighted by Gasteiger charge is -2.19. The fourth-order valence-electron chi connectivity index (χ4n) is 2.02. The number of aromatic nitrogens is 4. The molecule has 7 heteroatoms. The van der Waals surface area contributed by atoms with Crippen molar-refractivity contribution in [1.29, 1.82) is 0 Å². The minimum atomic E-state index is 0.208. The highest BCUT2D eigenvalue weighted by atomic mass is 79.9. The van der Waals surface area contributed by atoms with Crippen LogP contribution in [0, 0.1) is 0 Å². The zero-order chi connectivity index (χ0) is 14.1. The molecule has 3 rings (SSSR count). The third-order valence-corrected chi connectivity index (χ3v) is 3.65. The number of hydrogen-bond acceptors (Lipinski definition) is 4. The van der Waals surface area contributed by atoms with Gasteiger partial charge in [-0.1, -0.05) is 28.1 Å². The Bertz CT molecular complexity index is 740. The van der Waals surface area contributed by atoms with Crippen molar-refractivity contribution < 1.29 is 0 Å². The highest BCUT2D eigenvalue weighted by molar-refractivity contribution is 9.10. The van der Waals surface area contributed by atoms with Crippen molar-refractivity contribution >= 4 is 44.4 Å². The highest BCUT2D eigenvalue weighted by Crippen LogP contribution is 2.24. The molecule has 0 fully saturated rings. The summed E-state index contributed by atoms with van der Waals surface area (Å²) in [4.78, 5) is 10.4. The number of fused-ring (bicyclic) bond motifs is 1. The van der Waals surface area contributed by atoms with Crippen molar-refractivity contribution in [3.63, 3.8) is 0 Å². The first kappa shape index (κ1) is 13.3. The largest absolute Gasteiger partial charge is 0.355 e. The first-order valence-electron chi connectivity index (χ1n) is 5.95. The van der Waals surface area contributed by atoms with Crippen molar-refractivity contribution in [2.75, 3.05) is 11.9 Å². The van der Waals surface area contributed by atoms with E-state index >= 15 is 0 Å². The molecule has 0 aliphatic rings. The van der Waals surface area contributed by atoms with Gasteiger partial charge >= 0.3 is 0 Å². The van der Waals surface area contributed by atoms with E-state index < -0.39 is 0 Å². The molecule has 0 spiro atoms. The third kappa shape index (κ3) is 2.62. The van der Waals surface area contributed by atoms with Crippen LogP contribution in [0.2, 0.25) is 5.28 Å². The molecule has 1 N–H and O–H groups in total. The predicted molar refractivity (Wildman–Crippen MR) is 82.9 cm³/mol. The van der Waals surface area contributed by atoms with Crippen LogP contribution in [-0.2, 0) is 6.54 Å². The van der Waals surface area contributed by atoms with E-state index in [2.05, 4.69) is 48.2 Å². The normalized spacial score (nSPS) is 10.9. The second-order valence-corrected chi connectivity index (χ2v) is 5.68. The van der Waals surface area contributed by atoms with Gasteiger partial charge in [0.2, 0.25) is 5.28 Å². The average molecular weight is 353 g/mol. The van der Waals surface area contributed by atoms with E-state index in [0.29, 0.717) is 5.65 Å². The molecule has 3 aromatic rings. The summed E-state index contributed by atoms with van der Waals surface area (Å²) in [6.07, 6.45) is 1.71. The zero-order valence-corrected chi connectivity index (χ0v) is 13.0. The molecule has 102 valence electrons. The first-order chi connectivity index (χ1) is 9.63. The molecule has 0 atom stereocenters. The Labute approximate surface area is 129 Å². The summed E-state index contributed by atoms with van der Waals surface area (Å²) in [6, 6.07) is 8.17. The number of aromatic amines is 1. The number of rotatable bonds is 3.